The summed E-state index contributed by atoms with van der Waals surface area (Å²) < 4.78 is 0. The van der Waals surface area contributed by atoms with Crippen molar-refractivity contribution in [3.63, 3.8) is 0 Å². The first-order chi connectivity index (χ1) is 10.2. The molecule has 0 spiro atoms. The third-order valence-electron chi connectivity index (χ3n) is 3.82. The van der Waals surface area contributed by atoms with Crippen LogP contribution < -0.4 is 10.2 Å². The maximum atomic E-state index is 8.81. The summed E-state index contributed by atoms with van der Waals surface area (Å²) in [6.45, 7) is 8.37. The van der Waals surface area contributed by atoms with Crippen LogP contribution in [0.15, 0.2) is 24.3 Å². The van der Waals surface area contributed by atoms with Gasteiger partial charge in [-0.25, -0.2) is 0 Å². The molecular weight excluding hydrogens is 280 g/mol. The zero-order valence-electron chi connectivity index (χ0n) is 12.6. The first kappa shape index (κ1) is 15.7. The summed E-state index contributed by atoms with van der Waals surface area (Å²) in [6, 6.07) is 10.1. The summed E-state index contributed by atoms with van der Waals surface area (Å²) in [7, 11) is 0. The monoisotopic (exact) mass is 303 g/mol. The molecule has 0 bridgehead atoms. The Morgan fingerprint density at radius 1 is 1.33 bits per heavy atom. The van der Waals surface area contributed by atoms with Gasteiger partial charge in [0.25, 0.3) is 0 Å². The van der Waals surface area contributed by atoms with Gasteiger partial charge in [-0.1, -0.05) is 19.1 Å². The topological polar surface area (TPSA) is 43.5 Å². The van der Waals surface area contributed by atoms with Crippen molar-refractivity contribution in [2.75, 3.05) is 32.7 Å². The Kier molecular flexibility index (Phi) is 5.97. The lowest BCUT2D eigenvalue weighted by Gasteiger charge is -2.33. The van der Waals surface area contributed by atoms with E-state index in [1.807, 2.05) is 12.1 Å². The fourth-order valence-electron chi connectivity index (χ4n) is 2.53. The molecule has 0 unspecified atom stereocenters. The predicted octanol–water partition coefficient (Wildman–Crippen LogP) is 0.543. The molecule has 0 atom stereocenters. The summed E-state index contributed by atoms with van der Waals surface area (Å²) in [6.07, 6.45) is 1.10. The molecule has 1 saturated heterocycles. The van der Waals surface area contributed by atoms with E-state index in [0.717, 1.165) is 56.4 Å². The zero-order valence-corrected chi connectivity index (χ0v) is 13.4. The fraction of sp³-hybridized carbons (Fsp3) is 0.500. The van der Waals surface area contributed by atoms with Gasteiger partial charge in [0.15, 0.2) is 5.11 Å². The smallest absolute Gasteiger partial charge is 0.169 e. The second-order valence-corrected chi connectivity index (χ2v) is 5.84. The number of rotatable bonds is 4. The number of hydrogen-bond acceptors (Lipinski definition) is 2. The van der Waals surface area contributed by atoms with E-state index in [1.165, 1.54) is 5.56 Å². The minimum atomic E-state index is 0.728. The van der Waals surface area contributed by atoms with E-state index < -0.39 is 0 Å². The highest BCUT2D eigenvalue weighted by Gasteiger charge is 2.21. The van der Waals surface area contributed by atoms with E-state index in [-0.39, 0.29) is 0 Å². The Labute approximate surface area is 132 Å². The van der Waals surface area contributed by atoms with Crippen LogP contribution in [0.25, 0.3) is 0 Å². The summed E-state index contributed by atoms with van der Waals surface area (Å²) in [4.78, 5) is 3.85. The maximum absolute atomic E-state index is 8.81. The van der Waals surface area contributed by atoms with E-state index in [9.17, 15) is 0 Å². The molecule has 0 radical (unpaired) electrons. The number of benzene rings is 1. The third-order valence-corrected chi connectivity index (χ3v) is 4.22. The second-order valence-electron chi connectivity index (χ2n) is 5.45. The molecule has 1 aromatic rings. The number of nitrogens with one attached hydrogen (secondary N) is 2. The van der Waals surface area contributed by atoms with Crippen LogP contribution >= 0.6 is 12.2 Å². The molecule has 1 aliphatic heterocycles. The van der Waals surface area contributed by atoms with Gasteiger partial charge in [0.2, 0.25) is 0 Å². The van der Waals surface area contributed by atoms with Crippen molar-refractivity contribution in [1.82, 2.24) is 10.2 Å². The highest BCUT2D eigenvalue weighted by molar-refractivity contribution is 7.80. The first-order valence-electron chi connectivity index (χ1n) is 7.58. The Hall–Kier alpha value is -1.64. The third kappa shape index (κ3) is 4.69. The SMILES string of the molecule is CCCNC(=S)N1CC[NH+](Cc2ccc(C#N)cc2)CC1. The highest BCUT2D eigenvalue weighted by Crippen LogP contribution is 2.02. The van der Waals surface area contributed by atoms with E-state index in [1.54, 1.807) is 4.90 Å². The van der Waals surface area contributed by atoms with Crippen LogP contribution in [0.3, 0.4) is 0 Å². The van der Waals surface area contributed by atoms with Gasteiger partial charge < -0.3 is 15.1 Å². The van der Waals surface area contributed by atoms with Crippen LogP contribution in [0.1, 0.15) is 24.5 Å². The lowest BCUT2D eigenvalue weighted by Crippen LogP contribution is -3.13. The van der Waals surface area contributed by atoms with Crippen molar-refractivity contribution in [3.05, 3.63) is 35.4 Å². The molecule has 4 nitrogen and oxygen atoms in total. The molecule has 0 saturated carbocycles. The first-order valence-corrected chi connectivity index (χ1v) is 7.99. The van der Waals surface area contributed by atoms with Gasteiger partial charge in [0, 0.05) is 12.1 Å². The minimum Gasteiger partial charge on any atom is -0.363 e. The van der Waals surface area contributed by atoms with Crippen molar-refractivity contribution in [1.29, 1.82) is 5.26 Å². The van der Waals surface area contributed by atoms with Gasteiger partial charge in [-0.3, -0.25) is 0 Å². The lowest BCUT2D eigenvalue weighted by molar-refractivity contribution is -0.917. The van der Waals surface area contributed by atoms with Crippen molar-refractivity contribution < 1.29 is 4.90 Å². The molecule has 1 heterocycles. The molecule has 2 N–H and O–H groups in total. The van der Waals surface area contributed by atoms with E-state index in [0.29, 0.717) is 0 Å². The molecule has 1 aliphatic rings. The Morgan fingerprint density at radius 2 is 2.00 bits per heavy atom. The van der Waals surface area contributed by atoms with Crippen LogP contribution in [0.4, 0.5) is 0 Å². The highest BCUT2D eigenvalue weighted by atomic mass is 32.1. The van der Waals surface area contributed by atoms with E-state index >= 15 is 0 Å². The van der Waals surface area contributed by atoms with Gasteiger partial charge >= 0.3 is 0 Å². The van der Waals surface area contributed by atoms with Gasteiger partial charge in [-0.2, -0.15) is 5.26 Å². The van der Waals surface area contributed by atoms with Crippen molar-refractivity contribution in [2.45, 2.75) is 19.9 Å². The quantitative estimate of drug-likeness (QED) is 0.797. The molecule has 21 heavy (non-hydrogen) atoms. The summed E-state index contributed by atoms with van der Waals surface area (Å²) in [5.41, 5.74) is 2.02. The zero-order chi connectivity index (χ0) is 15.1. The summed E-state index contributed by atoms with van der Waals surface area (Å²) in [5, 5.41) is 13.0. The molecule has 2 rings (SSSR count). The van der Waals surface area contributed by atoms with Crippen molar-refractivity contribution >= 4 is 17.3 Å². The average Bonchev–Trinajstić information content (AvgIpc) is 2.54. The number of hydrogen-bond donors (Lipinski definition) is 2. The van der Waals surface area contributed by atoms with Gasteiger partial charge in [-0.15, -0.1) is 0 Å². The van der Waals surface area contributed by atoms with Crippen LogP contribution in [-0.2, 0) is 6.54 Å². The average molecular weight is 303 g/mol. The van der Waals surface area contributed by atoms with Crippen LogP contribution in [0.2, 0.25) is 0 Å². The van der Waals surface area contributed by atoms with Gasteiger partial charge in [-0.05, 0) is 30.8 Å². The number of nitriles is 1. The molecule has 0 aromatic heterocycles. The predicted molar refractivity (Wildman–Crippen MR) is 88.0 cm³/mol. The number of nitrogens with zero attached hydrogens (tertiary/aromatic N) is 2. The van der Waals surface area contributed by atoms with E-state index in [4.69, 9.17) is 17.5 Å². The Morgan fingerprint density at radius 3 is 2.57 bits per heavy atom. The van der Waals surface area contributed by atoms with Crippen LogP contribution in [-0.4, -0.2) is 42.7 Å². The minimum absolute atomic E-state index is 0.728. The molecule has 1 fully saturated rings. The lowest BCUT2D eigenvalue weighted by atomic mass is 10.1. The van der Waals surface area contributed by atoms with E-state index in [2.05, 4.69) is 35.3 Å². The number of thiocarbonyl (C=S) groups is 1. The molecule has 112 valence electrons. The Bertz CT molecular complexity index is 498. The number of quaternary nitrogens is 1. The molecule has 0 amide bonds. The molecule has 5 heteroatoms. The second kappa shape index (κ2) is 7.96. The van der Waals surface area contributed by atoms with Crippen molar-refractivity contribution in [3.8, 4) is 6.07 Å². The largest absolute Gasteiger partial charge is 0.363 e. The van der Waals surface area contributed by atoms with Gasteiger partial charge in [0.05, 0.1) is 37.8 Å². The molecule has 1 aromatic carbocycles. The van der Waals surface area contributed by atoms with Gasteiger partial charge in [0.1, 0.15) is 6.54 Å². The van der Waals surface area contributed by atoms with Crippen LogP contribution in [0, 0.1) is 11.3 Å². The summed E-state index contributed by atoms with van der Waals surface area (Å²) >= 11 is 5.41. The standard InChI is InChI=1S/C16H22N4S/c1-2-7-18-16(21)20-10-8-19(9-11-20)13-15-5-3-14(12-17)4-6-15/h3-6H,2,7-11,13H2,1H3,(H,18,21)/p+1. The molecule has 0 aliphatic carbocycles. The normalized spacial score (nSPS) is 15.5. The molecular formula is C16H23N4S+. The van der Waals surface area contributed by atoms with Crippen LogP contribution in [0.5, 0.6) is 0 Å². The maximum Gasteiger partial charge on any atom is 0.169 e. The van der Waals surface area contributed by atoms with Crippen molar-refractivity contribution in [2.24, 2.45) is 0 Å². The summed E-state index contributed by atoms with van der Waals surface area (Å²) in [5.74, 6) is 0. The Balaban J connectivity index is 1.78. The fourth-order valence-corrected chi connectivity index (χ4v) is 2.82. The number of piperazine rings is 1.